The molecular weight excluding hydrogens is 507 g/mol. The van der Waals surface area contributed by atoms with Crippen LogP contribution in [0.1, 0.15) is 32.0 Å². The number of urea groups is 1. The Morgan fingerprint density at radius 2 is 1.80 bits per heavy atom. The zero-order chi connectivity index (χ0) is 27.5. The molecule has 40 heavy (non-hydrogen) atoms. The monoisotopic (exact) mass is 538 g/mol. The second kappa shape index (κ2) is 11.3. The molecule has 1 saturated heterocycles. The van der Waals surface area contributed by atoms with Gasteiger partial charge in [0, 0.05) is 38.2 Å². The molecule has 8 nitrogen and oxygen atoms in total. The number of amides is 2. The maximum absolute atomic E-state index is 14.1. The van der Waals surface area contributed by atoms with Gasteiger partial charge in [-0.15, -0.1) is 0 Å². The number of halogens is 1. The largest absolute Gasteiger partial charge is 0.354 e. The van der Waals surface area contributed by atoms with Crippen LogP contribution in [0.5, 0.6) is 0 Å². The quantitative estimate of drug-likeness (QED) is 0.260. The van der Waals surface area contributed by atoms with Crippen molar-refractivity contribution in [2.75, 3.05) is 36.4 Å². The molecular formula is C31H31FN6O2. The second-order valence-corrected chi connectivity index (χ2v) is 10.1. The predicted molar refractivity (Wildman–Crippen MR) is 155 cm³/mol. The molecule has 1 N–H and O–H groups in total. The molecule has 6 rings (SSSR count). The molecule has 0 bridgehead atoms. The van der Waals surface area contributed by atoms with E-state index in [9.17, 15) is 9.18 Å². The minimum atomic E-state index is -0.455. The van der Waals surface area contributed by atoms with E-state index in [-0.39, 0.29) is 11.7 Å². The Hall–Kier alpha value is -4.53. The molecule has 3 aromatic carbocycles. The first-order valence-electron chi connectivity index (χ1n) is 13.8. The van der Waals surface area contributed by atoms with Gasteiger partial charge in [0.25, 0.3) is 5.71 Å². The number of hydrogen-bond acceptors (Lipinski definition) is 6. The number of aryl methyl sites for hydroxylation is 1. The zero-order valence-corrected chi connectivity index (χ0v) is 22.4. The summed E-state index contributed by atoms with van der Waals surface area (Å²) in [6.45, 7) is 4.42. The lowest BCUT2D eigenvalue weighted by Crippen LogP contribution is -2.38. The van der Waals surface area contributed by atoms with Gasteiger partial charge in [-0.25, -0.2) is 14.2 Å². The van der Waals surface area contributed by atoms with E-state index in [4.69, 9.17) is 14.5 Å². The lowest BCUT2D eigenvalue weighted by molar-refractivity contribution is 0.215. The van der Waals surface area contributed by atoms with Crippen LogP contribution in [0.2, 0.25) is 0 Å². The van der Waals surface area contributed by atoms with Gasteiger partial charge in [0.05, 0.1) is 5.69 Å². The summed E-state index contributed by atoms with van der Waals surface area (Å²) >= 11 is 0. The Kier molecular flexibility index (Phi) is 7.27. The Morgan fingerprint density at radius 3 is 2.65 bits per heavy atom. The molecule has 5 aromatic rings. The normalized spacial score (nSPS) is 14.1. The fraction of sp³-hybridized carbons (Fsp3) is 0.290. The molecule has 0 unspecified atom stereocenters. The summed E-state index contributed by atoms with van der Waals surface area (Å²) in [6.07, 6.45) is 3.49. The van der Waals surface area contributed by atoms with Crippen molar-refractivity contribution >= 4 is 39.4 Å². The van der Waals surface area contributed by atoms with Crippen LogP contribution in [0.15, 0.2) is 71.3 Å². The standard InChI is InChI=1S/C31H31FN6O2/c1-2-3-13-26-34-29(37-16-8-17-38(19-18-37)31(39)33-25-12-7-6-11-24(25)32)27-28(36-40-30(27)35-26)23-15-14-21-9-4-5-10-22(21)20-23/h4-7,9-12,14-15,20H,2-3,8,13,16-19H2,1H3,(H,33,39). The Labute approximate surface area is 231 Å². The fourth-order valence-electron chi connectivity index (χ4n) is 5.18. The minimum Gasteiger partial charge on any atom is -0.354 e. The summed E-state index contributed by atoms with van der Waals surface area (Å²) < 4.78 is 19.9. The van der Waals surface area contributed by atoms with Crippen LogP contribution in [0.3, 0.4) is 0 Å². The molecule has 204 valence electrons. The summed E-state index contributed by atoms with van der Waals surface area (Å²) in [4.78, 5) is 26.6. The molecule has 1 aliphatic rings. The summed E-state index contributed by atoms with van der Waals surface area (Å²) in [6, 6.07) is 20.3. The van der Waals surface area contributed by atoms with Crippen molar-refractivity contribution in [3.63, 3.8) is 0 Å². The summed E-state index contributed by atoms with van der Waals surface area (Å²) in [5, 5.41) is 10.2. The highest BCUT2D eigenvalue weighted by Gasteiger charge is 2.26. The first-order chi connectivity index (χ1) is 19.6. The van der Waals surface area contributed by atoms with E-state index in [1.807, 2.05) is 18.2 Å². The number of hydrogen-bond donors (Lipinski definition) is 1. The van der Waals surface area contributed by atoms with E-state index in [2.05, 4.69) is 46.6 Å². The highest BCUT2D eigenvalue weighted by Crippen LogP contribution is 2.35. The van der Waals surface area contributed by atoms with Crippen LogP contribution in [-0.2, 0) is 6.42 Å². The van der Waals surface area contributed by atoms with Crippen LogP contribution >= 0.6 is 0 Å². The lowest BCUT2D eigenvalue weighted by atomic mass is 10.0. The number of anilines is 2. The van der Waals surface area contributed by atoms with Crippen LogP contribution < -0.4 is 10.2 Å². The summed E-state index contributed by atoms with van der Waals surface area (Å²) in [5.74, 6) is 1.05. The third kappa shape index (κ3) is 5.19. The van der Waals surface area contributed by atoms with Crippen molar-refractivity contribution in [2.45, 2.75) is 32.6 Å². The number of unbranched alkanes of at least 4 members (excludes halogenated alkanes) is 1. The predicted octanol–water partition coefficient (Wildman–Crippen LogP) is 6.66. The van der Waals surface area contributed by atoms with E-state index in [0.717, 1.165) is 59.0 Å². The fourth-order valence-corrected chi connectivity index (χ4v) is 5.18. The number of para-hydroxylation sites is 1. The maximum Gasteiger partial charge on any atom is 0.321 e. The van der Waals surface area contributed by atoms with Crippen molar-refractivity contribution in [1.29, 1.82) is 0 Å². The molecule has 9 heteroatoms. The molecule has 3 heterocycles. The van der Waals surface area contributed by atoms with E-state index in [0.29, 0.717) is 37.6 Å². The van der Waals surface area contributed by atoms with Crippen LogP contribution in [0, 0.1) is 5.82 Å². The van der Waals surface area contributed by atoms with Crippen LogP contribution in [0.25, 0.3) is 33.1 Å². The molecule has 2 aromatic heterocycles. The average Bonchev–Trinajstić information content (AvgIpc) is 3.25. The summed E-state index contributed by atoms with van der Waals surface area (Å²) in [5.41, 5.74) is 2.29. The van der Waals surface area contributed by atoms with Crippen molar-refractivity contribution in [2.24, 2.45) is 0 Å². The van der Waals surface area contributed by atoms with Gasteiger partial charge in [-0.1, -0.05) is 67.0 Å². The number of benzene rings is 3. The van der Waals surface area contributed by atoms with Gasteiger partial charge >= 0.3 is 6.03 Å². The van der Waals surface area contributed by atoms with E-state index >= 15 is 0 Å². The smallest absolute Gasteiger partial charge is 0.321 e. The molecule has 1 aliphatic heterocycles. The first-order valence-corrected chi connectivity index (χ1v) is 13.8. The van der Waals surface area contributed by atoms with E-state index in [1.54, 1.807) is 23.1 Å². The summed E-state index contributed by atoms with van der Waals surface area (Å²) in [7, 11) is 0. The number of nitrogens with one attached hydrogen (secondary N) is 1. The second-order valence-electron chi connectivity index (χ2n) is 10.1. The van der Waals surface area contributed by atoms with Gasteiger partial charge in [0.1, 0.15) is 28.5 Å². The Balaban J connectivity index is 1.32. The lowest BCUT2D eigenvalue weighted by Gasteiger charge is -2.24. The number of nitrogens with zero attached hydrogens (tertiary/aromatic N) is 5. The van der Waals surface area contributed by atoms with Gasteiger partial charge in [-0.2, -0.15) is 4.98 Å². The van der Waals surface area contributed by atoms with Crippen molar-refractivity contribution in [3.05, 3.63) is 78.4 Å². The molecule has 1 fully saturated rings. The van der Waals surface area contributed by atoms with Gasteiger partial charge < -0.3 is 19.6 Å². The number of carbonyl (C=O) groups is 1. The minimum absolute atomic E-state index is 0.177. The topological polar surface area (TPSA) is 87.4 Å². The Bertz CT molecular complexity index is 1670. The van der Waals surface area contributed by atoms with Crippen molar-refractivity contribution < 1.29 is 13.7 Å². The van der Waals surface area contributed by atoms with Crippen molar-refractivity contribution in [1.82, 2.24) is 20.0 Å². The number of aromatic nitrogens is 3. The van der Waals surface area contributed by atoms with E-state index in [1.165, 1.54) is 6.07 Å². The van der Waals surface area contributed by atoms with E-state index < -0.39 is 5.82 Å². The average molecular weight is 539 g/mol. The Morgan fingerprint density at radius 1 is 0.975 bits per heavy atom. The first kappa shape index (κ1) is 25.7. The molecule has 0 spiro atoms. The third-order valence-electron chi connectivity index (χ3n) is 7.34. The van der Waals surface area contributed by atoms with Crippen LogP contribution in [0.4, 0.5) is 20.7 Å². The molecule has 0 saturated carbocycles. The number of rotatable bonds is 6. The molecule has 0 aliphatic carbocycles. The van der Waals surface area contributed by atoms with Gasteiger partial charge in [0.2, 0.25) is 0 Å². The highest BCUT2D eigenvalue weighted by atomic mass is 19.1. The number of carbonyl (C=O) groups excluding carboxylic acids is 1. The molecule has 0 atom stereocenters. The highest BCUT2D eigenvalue weighted by molar-refractivity contribution is 6.00. The SMILES string of the molecule is CCCCc1nc(N2CCCN(C(=O)Nc3ccccc3F)CC2)c2c(-c3ccc4ccccc4c3)noc2n1. The molecule has 2 amide bonds. The van der Waals surface area contributed by atoms with Gasteiger partial charge in [-0.05, 0) is 41.8 Å². The number of fused-ring (bicyclic) bond motifs is 2. The zero-order valence-electron chi connectivity index (χ0n) is 22.4. The molecule has 0 radical (unpaired) electrons. The maximum atomic E-state index is 14.1. The van der Waals surface area contributed by atoms with Gasteiger partial charge in [-0.3, -0.25) is 0 Å². The third-order valence-corrected chi connectivity index (χ3v) is 7.34. The van der Waals surface area contributed by atoms with Crippen LogP contribution in [-0.4, -0.2) is 52.2 Å². The van der Waals surface area contributed by atoms with Gasteiger partial charge in [0.15, 0.2) is 0 Å². The van der Waals surface area contributed by atoms with Crippen molar-refractivity contribution in [3.8, 4) is 11.3 Å².